The van der Waals surface area contributed by atoms with E-state index in [4.69, 9.17) is 0 Å². The van der Waals surface area contributed by atoms with E-state index < -0.39 is 24.1 Å². The van der Waals surface area contributed by atoms with E-state index in [9.17, 15) is 0 Å². The van der Waals surface area contributed by atoms with Crippen LogP contribution in [-0.2, 0) is 0 Å². The van der Waals surface area contributed by atoms with Crippen LogP contribution in [-0.4, -0.2) is 24.1 Å². The molecule has 32 heavy (non-hydrogen) atoms. The molecule has 0 nitrogen and oxygen atoms in total. The molecule has 0 aliphatic heterocycles. The van der Waals surface area contributed by atoms with Crippen LogP contribution in [0.4, 0.5) is 0 Å². The predicted octanol–water partition coefficient (Wildman–Crippen LogP) is 3.28. The molecule has 0 aromatic heterocycles. The minimum absolute atomic E-state index is 1.53. The van der Waals surface area contributed by atoms with Crippen LogP contribution in [0.25, 0.3) is 0 Å². The first-order chi connectivity index (χ1) is 15.9. The van der Waals surface area contributed by atoms with Gasteiger partial charge in [-0.15, -0.1) is 0 Å². The Kier molecular flexibility index (Phi) is 6.45. The molecule has 0 amide bonds. The molecule has 5 rings (SSSR count). The fourth-order valence-corrected chi connectivity index (χ4v) is 41.8. The minimum atomic E-state index is -3.14. The van der Waals surface area contributed by atoms with Crippen LogP contribution < -0.4 is 21.8 Å². The Labute approximate surface area is 196 Å². The quantitative estimate of drug-likeness (QED) is 0.293. The van der Waals surface area contributed by atoms with Gasteiger partial charge in [0.15, 0.2) is 0 Å². The average Bonchev–Trinajstić information content (AvgIpc) is 2.90. The zero-order valence-corrected chi connectivity index (χ0v) is 21.9. The fourth-order valence-electron chi connectivity index (χ4n) is 4.62. The van der Waals surface area contributed by atoms with Crippen molar-refractivity contribution >= 4 is 45.8 Å². The second-order valence-corrected chi connectivity index (χ2v) is 30.2. The molecule has 0 atom stereocenters. The molecule has 0 aliphatic carbocycles. The molecule has 156 valence electrons. The number of hydrogen-bond acceptors (Lipinski definition) is 0. The van der Waals surface area contributed by atoms with Crippen molar-refractivity contribution in [1.29, 1.82) is 0 Å². The third-order valence-corrected chi connectivity index (χ3v) is 39.5. The molecule has 0 saturated heterocycles. The first-order valence-electron chi connectivity index (χ1n) is 11.0. The molecule has 0 unspecified atom stereocenters. The molecular formula is C30H26As2. The monoisotopic (exact) mass is 536 g/mol. The second-order valence-electron chi connectivity index (χ2n) is 7.81. The predicted molar refractivity (Wildman–Crippen MR) is 143 cm³/mol. The van der Waals surface area contributed by atoms with Gasteiger partial charge < -0.3 is 0 Å². The summed E-state index contributed by atoms with van der Waals surface area (Å²) in [5.41, 5.74) is 0. The van der Waals surface area contributed by atoms with E-state index >= 15 is 0 Å². The molecule has 0 N–H and O–H groups in total. The molecule has 0 radical (unpaired) electrons. The average molecular weight is 536 g/mol. The maximum absolute atomic E-state index is 3.14. The molecule has 0 saturated carbocycles. The molecule has 0 spiro atoms. The van der Waals surface area contributed by atoms with E-state index in [1.54, 1.807) is 0 Å². The SMILES string of the molecule is c1ccc([As](c2ccccc2)[AsH](c2ccccc2)(c2ccccc2)c2ccccc2)cc1. The summed E-state index contributed by atoms with van der Waals surface area (Å²) < 4.78 is 7.68. The van der Waals surface area contributed by atoms with Crippen LogP contribution in [0.15, 0.2) is 152 Å². The third kappa shape index (κ3) is 3.90. The van der Waals surface area contributed by atoms with Crippen molar-refractivity contribution in [2.24, 2.45) is 0 Å². The Morgan fingerprint density at radius 2 is 0.562 bits per heavy atom. The van der Waals surface area contributed by atoms with Gasteiger partial charge in [-0.05, 0) is 0 Å². The zero-order chi connectivity index (χ0) is 21.6. The molecule has 0 heterocycles. The molecule has 2 heteroatoms. The van der Waals surface area contributed by atoms with E-state index in [1.807, 2.05) is 0 Å². The first kappa shape index (κ1) is 21.1. The van der Waals surface area contributed by atoms with Gasteiger partial charge in [0, 0.05) is 0 Å². The van der Waals surface area contributed by atoms with Crippen LogP contribution in [0, 0.1) is 0 Å². The maximum atomic E-state index is 2.40. The van der Waals surface area contributed by atoms with Gasteiger partial charge in [0.25, 0.3) is 0 Å². The molecule has 0 aliphatic rings. The van der Waals surface area contributed by atoms with E-state index in [-0.39, 0.29) is 0 Å². The Morgan fingerprint density at radius 1 is 0.312 bits per heavy atom. The van der Waals surface area contributed by atoms with Crippen LogP contribution in [0.3, 0.4) is 0 Å². The zero-order valence-electron chi connectivity index (χ0n) is 17.9. The van der Waals surface area contributed by atoms with Gasteiger partial charge in [0.05, 0.1) is 0 Å². The summed E-state index contributed by atoms with van der Waals surface area (Å²) in [5, 5.41) is 0. The van der Waals surface area contributed by atoms with Gasteiger partial charge in [-0.2, -0.15) is 0 Å². The topological polar surface area (TPSA) is 0 Å². The standard InChI is InChI=1S/C30H26As2/c1-6-16-26(17-7-1)31(27-18-8-2-9-19-27)32(28-20-10-3-11-21-28,29-22-12-4-13-23-29)30-24-14-5-15-25-30/h1-25,32H. The van der Waals surface area contributed by atoms with Crippen LogP contribution >= 0.6 is 0 Å². The fraction of sp³-hybridized carbons (Fsp3) is 0. The van der Waals surface area contributed by atoms with Crippen molar-refractivity contribution < 1.29 is 0 Å². The Bertz CT molecular complexity index is 1100. The third-order valence-electron chi connectivity index (χ3n) is 5.94. The first-order valence-corrected chi connectivity index (χ1v) is 21.8. The van der Waals surface area contributed by atoms with Crippen LogP contribution in [0.2, 0.25) is 0 Å². The van der Waals surface area contributed by atoms with Crippen molar-refractivity contribution in [2.45, 2.75) is 0 Å². The summed E-state index contributed by atoms with van der Waals surface area (Å²) in [6.45, 7) is 0. The van der Waals surface area contributed by atoms with E-state index in [1.165, 1.54) is 21.8 Å². The van der Waals surface area contributed by atoms with Crippen molar-refractivity contribution in [3.63, 3.8) is 0 Å². The summed E-state index contributed by atoms with van der Waals surface area (Å²) in [7, 11) is 0. The number of benzene rings is 5. The van der Waals surface area contributed by atoms with E-state index in [2.05, 4.69) is 152 Å². The number of hydrogen-bond donors (Lipinski definition) is 0. The Hall–Kier alpha value is -2.78. The Balaban J connectivity index is 1.94. The van der Waals surface area contributed by atoms with Crippen molar-refractivity contribution in [3.05, 3.63) is 152 Å². The molecular weight excluding hydrogens is 510 g/mol. The van der Waals surface area contributed by atoms with Crippen LogP contribution in [0.1, 0.15) is 0 Å². The van der Waals surface area contributed by atoms with Crippen molar-refractivity contribution in [3.8, 4) is 0 Å². The van der Waals surface area contributed by atoms with Gasteiger partial charge in [0.2, 0.25) is 0 Å². The second kappa shape index (κ2) is 9.79. The molecule has 5 aromatic carbocycles. The summed E-state index contributed by atoms with van der Waals surface area (Å²) in [6, 6.07) is 56.8. The van der Waals surface area contributed by atoms with Gasteiger partial charge in [-0.3, -0.25) is 0 Å². The summed E-state index contributed by atoms with van der Waals surface area (Å²) >= 11 is -4.93. The molecule has 5 aromatic rings. The van der Waals surface area contributed by atoms with Crippen LogP contribution in [0.5, 0.6) is 0 Å². The van der Waals surface area contributed by atoms with Gasteiger partial charge >= 0.3 is 197 Å². The van der Waals surface area contributed by atoms with Gasteiger partial charge in [-0.25, -0.2) is 0 Å². The van der Waals surface area contributed by atoms with Gasteiger partial charge in [0.1, 0.15) is 0 Å². The normalized spacial score (nSPS) is 11.9. The molecule has 0 fully saturated rings. The summed E-state index contributed by atoms with van der Waals surface area (Å²) in [6.07, 6.45) is 0. The molecule has 0 bridgehead atoms. The van der Waals surface area contributed by atoms with Crippen molar-refractivity contribution in [1.82, 2.24) is 0 Å². The van der Waals surface area contributed by atoms with E-state index in [0.717, 1.165) is 0 Å². The number of rotatable bonds is 6. The Morgan fingerprint density at radius 3 is 0.844 bits per heavy atom. The summed E-state index contributed by atoms with van der Waals surface area (Å²) in [4.78, 5) is 0. The van der Waals surface area contributed by atoms with E-state index in [0.29, 0.717) is 0 Å². The van der Waals surface area contributed by atoms with Crippen molar-refractivity contribution in [2.75, 3.05) is 0 Å². The summed E-state index contributed by atoms with van der Waals surface area (Å²) in [5.74, 6) is 0. The van der Waals surface area contributed by atoms with Gasteiger partial charge in [-0.1, -0.05) is 0 Å².